The largest absolute Gasteiger partial charge is 0.374 e. The number of hydrogen-bond donors (Lipinski definition) is 2. The molecule has 2 fully saturated rings. The summed E-state index contributed by atoms with van der Waals surface area (Å²) in [4.78, 5) is 15.3. The van der Waals surface area contributed by atoms with Gasteiger partial charge in [0.15, 0.2) is 0 Å². The second kappa shape index (κ2) is 9.92. The Morgan fingerprint density at radius 1 is 0.812 bits per heavy atom. The Kier molecular flexibility index (Phi) is 7.01. The van der Waals surface area contributed by atoms with Gasteiger partial charge < -0.3 is 15.5 Å². The summed E-state index contributed by atoms with van der Waals surface area (Å²) in [7, 11) is -3.45. The number of hydrogen-bond acceptors (Lipinski definition) is 5. The number of anilines is 3. The topological polar surface area (TPSA) is 81.8 Å². The standard InChI is InChI=1S/C24H32N4O3S/c1-19(25-20-7-11-22(12-8-20)27-15-3-2-4-16-27)24(29)26-21-9-13-23(14-10-21)32(30,31)28-17-5-6-18-28/h7-14,19,25H,2-6,15-18H2,1H3,(H,26,29)/t19-/m0/s1. The molecule has 1 amide bonds. The highest BCUT2D eigenvalue weighted by atomic mass is 32.2. The van der Waals surface area contributed by atoms with E-state index in [1.807, 2.05) is 12.1 Å². The highest BCUT2D eigenvalue weighted by Crippen LogP contribution is 2.24. The third-order valence-corrected chi connectivity index (χ3v) is 8.10. The van der Waals surface area contributed by atoms with Gasteiger partial charge in [0.25, 0.3) is 0 Å². The maximum Gasteiger partial charge on any atom is 0.246 e. The van der Waals surface area contributed by atoms with Gasteiger partial charge in [-0.15, -0.1) is 0 Å². The van der Waals surface area contributed by atoms with Crippen molar-refractivity contribution in [2.45, 2.75) is 50.0 Å². The lowest BCUT2D eigenvalue weighted by Gasteiger charge is -2.29. The summed E-state index contributed by atoms with van der Waals surface area (Å²) < 4.78 is 26.8. The average molecular weight is 457 g/mol. The minimum Gasteiger partial charge on any atom is -0.374 e. The van der Waals surface area contributed by atoms with Crippen LogP contribution in [0, 0.1) is 0 Å². The number of carbonyl (C=O) groups is 1. The summed E-state index contributed by atoms with van der Waals surface area (Å²) in [6, 6.07) is 14.2. The van der Waals surface area contributed by atoms with E-state index in [0.29, 0.717) is 18.8 Å². The first kappa shape index (κ1) is 22.6. The molecule has 2 aromatic carbocycles. The first-order valence-electron chi connectivity index (χ1n) is 11.5. The summed E-state index contributed by atoms with van der Waals surface area (Å²) in [5.41, 5.74) is 2.68. The van der Waals surface area contributed by atoms with E-state index in [2.05, 4.69) is 27.7 Å². The summed E-state index contributed by atoms with van der Waals surface area (Å²) in [6.07, 6.45) is 5.59. The van der Waals surface area contributed by atoms with Crippen molar-refractivity contribution < 1.29 is 13.2 Å². The van der Waals surface area contributed by atoms with Crippen LogP contribution in [0.2, 0.25) is 0 Å². The molecule has 172 valence electrons. The van der Waals surface area contributed by atoms with Crippen LogP contribution in [-0.4, -0.2) is 50.9 Å². The number of rotatable bonds is 7. The number of benzene rings is 2. The zero-order chi connectivity index (χ0) is 22.6. The lowest BCUT2D eigenvalue weighted by Crippen LogP contribution is -2.32. The molecular formula is C24H32N4O3S. The van der Waals surface area contributed by atoms with Gasteiger partial charge in [-0.05, 0) is 87.6 Å². The first-order chi connectivity index (χ1) is 15.4. The van der Waals surface area contributed by atoms with Gasteiger partial charge in [0.1, 0.15) is 6.04 Å². The fourth-order valence-electron chi connectivity index (χ4n) is 4.27. The second-order valence-corrected chi connectivity index (χ2v) is 10.5. The average Bonchev–Trinajstić information content (AvgIpc) is 3.36. The summed E-state index contributed by atoms with van der Waals surface area (Å²) in [5.74, 6) is -0.180. The SMILES string of the molecule is C[C@H](Nc1ccc(N2CCCCC2)cc1)C(=O)Nc1ccc(S(=O)(=O)N2CCCC2)cc1. The molecule has 2 aliphatic heterocycles. The van der Waals surface area contributed by atoms with Crippen LogP contribution in [0.1, 0.15) is 39.0 Å². The molecule has 0 radical (unpaired) electrons. The van der Waals surface area contributed by atoms with Crippen LogP contribution in [0.5, 0.6) is 0 Å². The van der Waals surface area contributed by atoms with Gasteiger partial charge in [-0.1, -0.05) is 0 Å². The molecule has 32 heavy (non-hydrogen) atoms. The van der Waals surface area contributed by atoms with E-state index >= 15 is 0 Å². The minimum absolute atomic E-state index is 0.180. The van der Waals surface area contributed by atoms with Crippen molar-refractivity contribution in [2.24, 2.45) is 0 Å². The van der Waals surface area contributed by atoms with Gasteiger partial charge in [0.2, 0.25) is 15.9 Å². The fraction of sp³-hybridized carbons (Fsp3) is 0.458. The van der Waals surface area contributed by atoms with Crippen LogP contribution < -0.4 is 15.5 Å². The quantitative estimate of drug-likeness (QED) is 0.660. The number of carbonyl (C=O) groups excluding carboxylic acids is 1. The molecular weight excluding hydrogens is 424 g/mol. The summed E-state index contributed by atoms with van der Waals surface area (Å²) >= 11 is 0. The third-order valence-electron chi connectivity index (χ3n) is 6.19. The molecule has 0 unspecified atom stereocenters. The molecule has 1 atom stereocenters. The number of piperidine rings is 1. The molecule has 0 aliphatic carbocycles. The highest BCUT2D eigenvalue weighted by molar-refractivity contribution is 7.89. The van der Waals surface area contributed by atoms with E-state index in [0.717, 1.165) is 31.6 Å². The maximum atomic E-state index is 12.6. The molecule has 0 spiro atoms. The zero-order valence-corrected chi connectivity index (χ0v) is 19.4. The van der Waals surface area contributed by atoms with Crippen molar-refractivity contribution >= 4 is 33.0 Å². The number of nitrogens with one attached hydrogen (secondary N) is 2. The predicted octanol–water partition coefficient (Wildman–Crippen LogP) is 3.90. The monoisotopic (exact) mass is 456 g/mol. The first-order valence-corrected chi connectivity index (χ1v) is 12.9. The Morgan fingerprint density at radius 3 is 2.00 bits per heavy atom. The molecule has 8 heteroatoms. The second-order valence-electron chi connectivity index (χ2n) is 8.59. The highest BCUT2D eigenvalue weighted by Gasteiger charge is 2.27. The number of sulfonamides is 1. The summed E-state index contributed by atoms with van der Waals surface area (Å²) in [5, 5.41) is 6.09. The van der Waals surface area contributed by atoms with E-state index in [1.165, 1.54) is 29.3 Å². The van der Waals surface area contributed by atoms with Crippen LogP contribution in [-0.2, 0) is 14.8 Å². The Morgan fingerprint density at radius 2 is 1.38 bits per heavy atom. The molecule has 0 saturated carbocycles. The molecule has 2 aromatic rings. The maximum absolute atomic E-state index is 12.6. The van der Waals surface area contributed by atoms with Gasteiger partial charge in [-0.3, -0.25) is 4.79 Å². The van der Waals surface area contributed by atoms with E-state index < -0.39 is 16.1 Å². The Labute approximate surface area is 190 Å². The lowest BCUT2D eigenvalue weighted by molar-refractivity contribution is -0.116. The minimum atomic E-state index is -3.45. The molecule has 2 N–H and O–H groups in total. The zero-order valence-electron chi connectivity index (χ0n) is 18.6. The van der Waals surface area contributed by atoms with Gasteiger partial charge in [0, 0.05) is 43.2 Å². The molecule has 0 bridgehead atoms. The van der Waals surface area contributed by atoms with Gasteiger partial charge >= 0.3 is 0 Å². The van der Waals surface area contributed by atoms with Crippen molar-refractivity contribution in [2.75, 3.05) is 41.7 Å². The van der Waals surface area contributed by atoms with Gasteiger partial charge in [0.05, 0.1) is 4.90 Å². The molecule has 7 nitrogen and oxygen atoms in total. The van der Waals surface area contributed by atoms with Crippen molar-refractivity contribution in [3.05, 3.63) is 48.5 Å². The van der Waals surface area contributed by atoms with Crippen LogP contribution in [0.3, 0.4) is 0 Å². The lowest BCUT2D eigenvalue weighted by atomic mass is 10.1. The molecule has 0 aromatic heterocycles. The number of amides is 1. The van der Waals surface area contributed by atoms with E-state index in [-0.39, 0.29) is 10.8 Å². The Balaban J connectivity index is 1.32. The van der Waals surface area contributed by atoms with Gasteiger partial charge in [-0.25, -0.2) is 8.42 Å². The smallest absolute Gasteiger partial charge is 0.246 e. The van der Waals surface area contributed by atoms with Crippen LogP contribution in [0.15, 0.2) is 53.4 Å². The van der Waals surface area contributed by atoms with Crippen LogP contribution in [0.25, 0.3) is 0 Å². The number of nitrogens with zero attached hydrogens (tertiary/aromatic N) is 2. The van der Waals surface area contributed by atoms with E-state index in [4.69, 9.17) is 0 Å². The Hall–Kier alpha value is -2.58. The van der Waals surface area contributed by atoms with Crippen LogP contribution in [0.4, 0.5) is 17.1 Å². The normalized spacial score (nSPS) is 18.3. The van der Waals surface area contributed by atoms with Crippen molar-refractivity contribution in [1.29, 1.82) is 0 Å². The fourth-order valence-corrected chi connectivity index (χ4v) is 5.79. The molecule has 2 saturated heterocycles. The van der Waals surface area contributed by atoms with Crippen molar-refractivity contribution in [3.63, 3.8) is 0 Å². The Bertz CT molecular complexity index is 1010. The van der Waals surface area contributed by atoms with Gasteiger partial charge in [-0.2, -0.15) is 4.31 Å². The van der Waals surface area contributed by atoms with Crippen molar-refractivity contribution in [3.8, 4) is 0 Å². The van der Waals surface area contributed by atoms with E-state index in [1.54, 1.807) is 31.2 Å². The summed E-state index contributed by atoms with van der Waals surface area (Å²) in [6.45, 7) is 5.15. The third kappa shape index (κ3) is 5.24. The van der Waals surface area contributed by atoms with Crippen LogP contribution >= 0.6 is 0 Å². The molecule has 4 rings (SSSR count). The molecule has 2 aliphatic rings. The van der Waals surface area contributed by atoms with Crippen molar-refractivity contribution in [1.82, 2.24) is 4.31 Å². The molecule has 2 heterocycles. The predicted molar refractivity (Wildman–Crippen MR) is 129 cm³/mol. The van der Waals surface area contributed by atoms with E-state index in [9.17, 15) is 13.2 Å².